The average molecular weight is 318 g/mol. The van der Waals surface area contributed by atoms with E-state index in [2.05, 4.69) is 52.3 Å². The molecule has 1 saturated heterocycles. The van der Waals surface area contributed by atoms with Gasteiger partial charge in [0.25, 0.3) is 0 Å². The summed E-state index contributed by atoms with van der Waals surface area (Å²) in [5.41, 5.74) is 7.94. The van der Waals surface area contributed by atoms with Crippen molar-refractivity contribution in [3.63, 3.8) is 0 Å². The van der Waals surface area contributed by atoms with E-state index in [-0.39, 0.29) is 0 Å². The number of aromatic nitrogens is 2. The van der Waals surface area contributed by atoms with Gasteiger partial charge in [-0.15, -0.1) is 0 Å². The Balaban J connectivity index is 1.68. The smallest absolute Gasteiger partial charge is 0.225 e. The molecule has 0 aliphatic carbocycles. The third-order valence-electron chi connectivity index (χ3n) is 4.94. The van der Waals surface area contributed by atoms with E-state index in [0.717, 1.165) is 49.7 Å². The number of rotatable bonds is 3. The van der Waals surface area contributed by atoms with Crippen molar-refractivity contribution < 1.29 is 0 Å². The van der Waals surface area contributed by atoms with E-state index in [9.17, 15) is 0 Å². The predicted molar refractivity (Wildman–Crippen MR) is 99.0 cm³/mol. The summed E-state index contributed by atoms with van der Waals surface area (Å²) in [4.78, 5) is 11.6. The van der Waals surface area contributed by atoms with Crippen molar-refractivity contribution in [1.29, 1.82) is 0 Å². The number of nitrogens with two attached hydrogens (primary N) is 1. The van der Waals surface area contributed by atoms with Crippen molar-refractivity contribution in [2.24, 2.45) is 11.7 Å². The van der Waals surface area contributed by atoms with Gasteiger partial charge in [-0.3, -0.25) is 0 Å². The number of benzene rings is 2. The Labute approximate surface area is 142 Å². The predicted octanol–water partition coefficient (Wildman–Crippen LogP) is 3.47. The molecule has 0 amide bonds. The molecule has 1 aliphatic rings. The van der Waals surface area contributed by atoms with Crippen LogP contribution in [-0.2, 0) is 0 Å². The minimum Gasteiger partial charge on any atom is -0.341 e. The second kappa shape index (κ2) is 6.57. The molecule has 1 aliphatic heterocycles. The second-order valence-electron chi connectivity index (χ2n) is 6.43. The largest absolute Gasteiger partial charge is 0.341 e. The molecule has 3 aromatic rings. The standard InChI is InChI=1S/C20H22N4/c21-14-15-9-12-24(13-10-15)20-22-11-8-19(23-20)18-7-3-5-16-4-1-2-6-17(16)18/h1-8,11,15H,9-10,12-14,21H2. The van der Waals surface area contributed by atoms with Crippen molar-refractivity contribution in [2.45, 2.75) is 12.8 Å². The summed E-state index contributed by atoms with van der Waals surface area (Å²) in [7, 11) is 0. The number of nitrogens with zero attached hydrogens (tertiary/aromatic N) is 3. The normalized spacial score (nSPS) is 15.8. The topological polar surface area (TPSA) is 55.0 Å². The van der Waals surface area contributed by atoms with E-state index in [1.165, 1.54) is 10.8 Å². The first-order valence-corrected chi connectivity index (χ1v) is 8.61. The Kier molecular flexibility index (Phi) is 4.13. The molecule has 4 nitrogen and oxygen atoms in total. The molecule has 122 valence electrons. The summed E-state index contributed by atoms with van der Waals surface area (Å²) in [6.07, 6.45) is 4.12. The summed E-state index contributed by atoms with van der Waals surface area (Å²) in [5, 5.41) is 2.46. The van der Waals surface area contributed by atoms with Crippen molar-refractivity contribution >= 4 is 16.7 Å². The summed E-state index contributed by atoms with van der Waals surface area (Å²) >= 11 is 0. The number of fused-ring (bicyclic) bond motifs is 1. The van der Waals surface area contributed by atoms with Gasteiger partial charge in [0.05, 0.1) is 5.69 Å². The maximum absolute atomic E-state index is 5.79. The Morgan fingerprint density at radius 3 is 2.62 bits per heavy atom. The van der Waals surface area contributed by atoms with E-state index >= 15 is 0 Å². The summed E-state index contributed by atoms with van der Waals surface area (Å²) in [6, 6.07) is 16.8. The number of anilines is 1. The van der Waals surface area contributed by atoms with Crippen LogP contribution in [-0.4, -0.2) is 29.6 Å². The van der Waals surface area contributed by atoms with Crippen LogP contribution in [0.4, 0.5) is 5.95 Å². The molecule has 0 saturated carbocycles. The Morgan fingerprint density at radius 2 is 1.79 bits per heavy atom. The Hall–Kier alpha value is -2.46. The zero-order valence-electron chi connectivity index (χ0n) is 13.7. The number of hydrogen-bond acceptors (Lipinski definition) is 4. The molecule has 0 radical (unpaired) electrons. The number of piperidine rings is 1. The quantitative estimate of drug-likeness (QED) is 0.803. The van der Waals surface area contributed by atoms with Gasteiger partial charge in [-0.25, -0.2) is 9.97 Å². The van der Waals surface area contributed by atoms with Gasteiger partial charge in [0.2, 0.25) is 5.95 Å². The van der Waals surface area contributed by atoms with Crippen LogP contribution in [0.25, 0.3) is 22.0 Å². The summed E-state index contributed by atoms with van der Waals surface area (Å²) < 4.78 is 0. The van der Waals surface area contributed by atoms with Crippen LogP contribution in [0.3, 0.4) is 0 Å². The third-order valence-corrected chi connectivity index (χ3v) is 4.94. The summed E-state index contributed by atoms with van der Waals surface area (Å²) in [5.74, 6) is 1.47. The number of hydrogen-bond donors (Lipinski definition) is 1. The highest BCUT2D eigenvalue weighted by Gasteiger charge is 2.20. The first-order valence-electron chi connectivity index (χ1n) is 8.61. The van der Waals surface area contributed by atoms with Crippen molar-refractivity contribution in [2.75, 3.05) is 24.5 Å². The molecular weight excluding hydrogens is 296 g/mol. The maximum atomic E-state index is 5.79. The maximum Gasteiger partial charge on any atom is 0.225 e. The fraction of sp³-hybridized carbons (Fsp3) is 0.300. The highest BCUT2D eigenvalue weighted by atomic mass is 15.2. The molecule has 24 heavy (non-hydrogen) atoms. The van der Waals surface area contributed by atoms with E-state index in [4.69, 9.17) is 10.7 Å². The van der Waals surface area contributed by atoms with Gasteiger partial charge < -0.3 is 10.6 Å². The first kappa shape index (κ1) is 15.1. The molecule has 2 N–H and O–H groups in total. The highest BCUT2D eigenvalue weighted by molar-refractivity contribution is 5.95. The molecule has 4 heteroatoms. The molecule has 0 bridgehead atoms. The third kappa shape index (κ3) is 2.85. The molecule has 2 heterocycles. The van der Waals surface area contributed by atoms with Crippen LogP contribution in [0.1, 0.15) is 12.8 Å². The lowest BCUT2D eigenvalue weighted by atomic mass is 9.97. The molecule has 4 rings (SSSR count). The van der Waals surface area contributed by atoms with Gasteiger partial charge in [-0.2, -0.15) is 0 Å². The van der Waals surface area contributed by atoms with Gasteiger partial charge >= 0.3 is 0 Å². The van der Waals surface area contributed by atoms with E-state index < -0.39 is 0 Å². The van der Waals surface area contributed by atoms with E-state index in [1.54, 1.807) is 0 Å². The van der Waals surface area contributed by atoms with Crippen molar-refractivity contribution in [3.05, 3.63) is 54.7 Å². The lowest BCUT2D eigenvalue weighted by Gasteiger charge is -2.31. The molecule has 1 fully saturated rings. The lowest BCUT2D eigenvalue weighted by molar-refractivity contribution is 0.411. The average Bonchev–Trinajstić information content (AvgIpc) is 2.68. The second-order valence-corrected chi connectivity index (χ2v) is 6.43. The van der Waals surface area contributed by atoms with Crippen molar-refractivity contribution in [1.82, 2.24) is 9.97 Å². The van der Waals surface area contributed by atoms with Gasteiger partial charge in [-0.1, -0.05) is 42.5 Å². The first-order chi connectivity index (χ1) is 11.8. The zero-order valence-corrected chi connectivity index (χ0v) is 13.7. The van der Waals surface area contributed by atoms with Crippen LogP contribution >= 0.6 is 0 Å². The van der Waals surface area contributed by atoms with E-state index in [1.807, 2.05) is 12.3 Å². The van der Waals surface area contributed by atoms with Gasteiger partial charge in [0.1, 0.15) is 0 Å². The van der Waals surface area contributed by atoms with Gasteiger partial charge in [0, 0.05) is 24.8 Å². The summed E-state index contributed by atoms with van der Waals surface area (Å²) in [6.45, 7) is 2.76. The lowest BCUT2D eigenvalue weighted by Crippen LogP contribution is -2.37. The molecule has 2 aromatic carbocycles. The fourth-order valence-corrected chi connectivity index (χ4v) is 3.47. The van der Waals surface area contributed by atoms with Gasteiger partial charge in [-0.05, 0) is 42.1 Å². The molecule has 1 aromatic heterocycles. The molecular formula is C20H22N4. The zero-order chi connectivity index (χ0) is 16.4. The van der Waals surface area contributed by atoms with E-state index in [0.29, 0.717) is 5.92 Å². The van der Waals surface area contributed by atoms with Crippen LogP contribution in [0.2, 0.25) is 0 Å². The highest BCUT2D eigenvalue weighted by Crippen LogP contribution is 2.28. The Morgan fingerprint density at radius 1 is 1.00 bits per heavy atom. The Bertz CT molecular complexity index is 832. The van der Waals surface area contributed by atoms with Crippen LogP contribution in [0.15, 0.2) is 54.7 Å². The fourth-order valence-electron chi connectivity index (χ4n) is 3.47. The SMILES string of the molecule is NCC1CCN(c2nccc(-c3cccc4ccccc34)n2)CC1. The van der Waals surface area contributed by atoms with Crippen LogP contribution in [0.5, 0.6) is 0 Å². The van der Waals surface area contributed by atoms with Crippen LogP contribution in [0, 0.1) is 5.92 Å². The molecule has 0 unspecified atom stereocenters. The van der Waals surface area contributed by atoms with Gasteiger partial charge in [0.15, 0.2) is 0 Å². The van der Waals surface area contributed by atoms with Crippen LogP contribution < -0.4 is 10.6 Å². The molecule has 0 spiro atoms. The van der Waals surface area contributed by atoms with Crippen molar-refractivity contribution in [3.8, 4) is 11.3 Å². The monoisotopic (exact) mass is 318 g/mol. The minimum absolute atomic E-state index is 0.641. The molecule has 0 atom stereocenters. The minimum atomic E-state index is 0.641.